The molecule has 1 aliphatic heterocycles. The summed E-state index contributed by atoms with van der Waals surface area (Å²) in [6.45, 7) is -0.471. The van der Waals surface area contributed by atoms with Crippen LogP contribution in [0.25, 0.3) is 21.1 Å². The quantitative estimate of drug-likeness (QED) is 0.354. The van der Waals surface area contributed by atoms with Crippen molar-refractivity contribution in [2.75, 3.05) is 13.1 Å². The maximum atomic E-state index is 13.2. The summed E-state index contributed by atoms with van der Waals surface area (Å²) >= 11 is 2.60. The summed E-state index contributed by atoms with van der Waals surface area (Å²) < 4.78 is 57.1. The summed E-state index contributed by atoms with van der Waals surface area (Å²) in [4.78, 5) is 0. The van der Waals surface area contributed by atoms with Crippen molar-refractivity contribution in [3.63, 3.8) is 0 Å². The van der Waals surface area contributed by atoms with Crippen molar-refractivity contribution in [3.8, 4) is 21.1 Å². The second kappa shape index (κ2) is 8.29. The molecule has 1 spiro atoms. The summed E-state index contributed by atoms with van der Waals surface area (Å²) in [5.74, 6) is 0.328. The van der Waals surface area contributed by atoms with Gasteiger partial charge in [-0.15, -0.1) is 10.2 Å². The molecular formula is C24H22F4N4S2. The number of halogens is 4. The highest BCUT2D eigenvalue weighted by Gasteiger charge is 2.56. The second-order valence-electron chi connectivity index (χ2n) is 9.43. The number of aromatic nitrogens is 2. The van der Waals surface area contributed by atoms with Crippen LogP contribution in [0.3, 0.4) is 0 Å². The van der Waals surface area contributed by atoms with E-state index in [1.54, 1.807) is 12.1 Å². The number of rotatable bonds is 3. The van der Waals surface area contributed by atoms with E-state index in [0.29, 0.717) is 18.4 Å². The Bertz CT molecular complexity index is 1210. The summed E-state index contributed by atoms with van der Waals surface area (Å²) in [6.07, 6.45) is -0.421. The van der Waals surface area contributed by atoms with Crippen molar-refractivity contribution in [3.05, 3.63) is 59.4 Å². The van der Waals surface area contributed by atoms with E-state index in [-0.39, 0.29) is 11.4 Å². The SMILES string of the molecule is Fc1ccc(-c2nnc(-c3ccc4c(c3)CC3CCC(C4)C34CN(CC(F)(F)F)SN4)s2)cc1. The molecule has 2 bridgehead atoms. The highest BCUT2D eigenvalue weighted by atomic mass is 32.2. The van der Waals surface area contributed by atoms with Gasteiger partial charge in [0.05, 0.1) is 0 Å². The molecule has 2 aromatic carbocycles. The Morgan fingerprint density at radius 2 is 1.59 bits per heavy atom. The van der Waals surface area contributed by atoms with Crippen molar-refractivity contribution < 1.29 is 17.6 Å². The van der Waals surface area contributed by atoms with Crippen LogP contribution in [0.4, 0.5) is 17.6 Å². The third-order valence-corrected chi connectivity index (χ3v) is 9.39. The molecule has 178 valence electrons. The van der Waals surface area contributed by atoms with Gasteiger partial charge in [-0.25, -0.2) is 13.4 Å². The normalized spacial score (nSPS) is 26.7. The fraction of sp³-hybridized carbons (Fsp3) is 0.417. The summed E-state index contributed by atoms with van der Waals surface area (Å²) in [7, 11) is 0. The average Bonchev–Trinajstić information content (AvgIpc) is 3.47. The predicted octanol–water partition coefficient (Wildman–Crippen LogP) is 5.91. The van der Waals surface area contributed by atoms with E-state index in [1.165, 1.54) is 38.9 Å². The maximum absolute atomic E-state index is 13.2. The van der Waals surface area contributed by atoms with E-state index < -0.39 is 12.7 Å². The number of hydrogen-bond acceptors (Lipinski definition) is 6. The van der Waals surface area contributed by atoms with Crippen LogP contribution in [-0.2, 0) is 12.8 Å². The van der Waals surface area contributed by atoms with Crippen LogP contribution >= 0.6 is 23.5 Å². The van der Waals surface area contributed by atoms with Crippen LogP contribution in [-0.4, -0.2) is 39.3 Å². The number of nitrogens with zero attached hydrogens (tertiary/aromatic N) is 3. The summed E-state index contributed by atoms with van der Waals surface area (Å²) in [5, 5.41) is 10.2. The van der Waals surface area contributed by atoms with Crippen LogP contribution in [0, 0.1) is 17.7 Å². The lowest BCUT2D eigenvalue weighted by Gasteiger charge is -2.34. The molecule has 0 amide bonds. The molecule has 1 N–H and O–H groups in total. The van der Waals surface area contributed by atoms with Crippen LogP contribution in [0.2, 0.25) is 0 Å². The third kappa shape index (κ3) is 4.04. The Balaban J connectivity index is 1.25. The number of fused-ring (bicyclic) bond motifs is 1. The van der Waals surface area contributed by atoms with E-state index in [4.69, 9.17) is 0 Å². The van der Waals surface area contributed by atoms with Crippen molar-refractivity contribution in [2.24, 2.45) is 11.8 Å². The van der Waals surface area contributed by atoms with Crippen molar-refractivity contribution in [2.45, 2.75) is 37.4 Å². The standard InChI is InChI=1S/C24H22F4N4S2/c25-20-7-3-14(4-8-20)21-29-30-22(33-21)16-2-1-15-10-18-5-6-19(11-17(15)9-16)23(18)12-32(34-31-23)13-24(26,27)28/h1-4,7-9,18-19,31H,5-6,10-13H2. The first-order valence-corrected chi connectivity index (χ1v) is 12.9. The zero-order valence-corrected chi connectivity index (χ0v) is 19.7. The topological polar surface area (TPSA) is 41.1 Å². The van der Waals surface area contributed by atoms with Gasteiger partial charge >= 0.3 is 6.18 Å². The van der Waals surface area contributed by atoms with Gasteiger partial charge in [-0.3, -0.25) is 0 Å². The van der Waals surface area contributed by atoms with Gasteiger partial charge in [-0.1, -0.05) is 23.5 Å². The number of hydrogen-bond donors (Lipinski definition) is 1. The summed E-state index contributed by atoms with van der Waals surface area (Å²) in [6, 6.07) is 12.6. The second-order valence-corrected chi connectivity index (χ2v) is 11.3. The minimum Gasteiger partial charge on any atom is -0.243 e. The van der Waals surface area contributed by atoms with Gasteiger partial charge in [0.15, 0.2) is 0 Å². The molecule has 3 aromatic rings. The molecule has 6 rings (SSSR count). The first kappa shape index (κ1) is 22.5. The van der Waals surface area contributed by atoms with Gasteiger partial charge in [-0.05, 0) is 79.0 Å². The first-order valence-electron chi connectivity index (χ1n) is 11.3. The lowest BCUT2D eigenvalue weighted by atomic mass is 9.79. The van der Waals surface area contributed by atoms with E-state index in [9.17, 15) is 17.6 Å². The van der Waals surface area contributed by atoms with E-state index >= 15 is 0 Å². The van der Waals surface area contributed by atoms with Gasteiger partial charge in [0.1, 0.15) is 22.4 Å². The zero-order valence-electron chi connectivity index (χ0n) is 18.1. The Hall–Kier alpha value is -2.01. The smallest absolute Gasteiger partial charge is 0.243 e. The molecule has 1 saturated carbocycles. The Kier molecular flexibility index (Phi) is 5.47. The van der Waals surface area contributed by atoms with Gasteiger partial charge in [0.2, 0.25) is 0 Å². The van der Waals surface area contributed by atoms with Crippen molar-refractivity contribution in [1.29, 1.82) is 0 Å². The molecular weight excluding hydrogens is 484 g/mol. The largest absolute Gasteiger partial charge is 0.402 e. The highest BCUT2D eigenvalue weighted by molar-refractivity contribution is 7.95. The third-order valence-electron chi connectivity index (χ3n) is 7.38. The molecule has 2 heterocycles. The van der Waals surface area contributed by atoms with E-state index in [2.05, 4.69) is 33.1 Å². The zero-order chi connectivity index (χ0) is 23.5. The fourth-order valence-corrected chi connectivity index (χ4v) is 7.80. The van der Waals surface area contributed by atoms with Gasteiger partial charge in [0.25, 0.3) is 0 Å². The molecule has 1 aromatic heterocycles. The molecule has 1 saturated heterocycles. The molecule has 0 radical (unpaired) electrons. The van der Waals surface area contributed by atoms with Crippen LogP contribution < -0.4 is 4.72 Å². The van der Waals surface area contributed by atoms with Crippen molar-refractivity contribution >= 4 is 23.5 Å². The monoisotopic (exact) mass is 506 g/mol. The first-order chi connectivity index (χ1) is 16.3. The fourth-order valence-electron chi connectivity index (χ4n) is 5.77. The number of benzene rings is 2. The molecule has 34 heavy (non-hydrogen) atoms. The van der Waals surface area contributed by atoms with E-state index in [0.717, 1.165) is 59.0 Å². The highest BCUT2D eigenvalue weighted by Crippen LogP contribution is 2.52. The van der Waals surface area contributed by atoms with Crippen LogP contribution in [0.1, 0.15) is 24.0 Å². The average molecular weight is 507 g/mol. The van der Waals surface area contributed by atoms with Gasteiger partial charge in [-0.2, -0.15) is 13.2 Å². The predicted molar refractivity (Wildman–Crippen MR) is 125 cm³/mol. The molecule has 2 aliphatic carbocycles. The molecule has 2 fully saturated rings. The lowest BCUT2D eigenvalue weighted by molar-refractivity contribution is -0.135. The Morgan fingerprint density at radius 3 is 2.29 bits per heavy atom. The van der Waals surface area contributed by atoms with Crippen LogP contribution in [0.15, 0.2) is 42.5 Å². The van der Waals surface area contributed by atoms with Gasteiger partial charge < -0.3 is 0 Å². The molecule has 3 atom stereocenters. The lowest BCUT2D eigenvalue weighted by Crippen LogP contribution is -2.51. The molecule has 3 aliphatic rings. The maximum Gasteiger partial charge on any atom is 0.402 e. The Labute approximate surface area is 203 Å². The molecule has 10 heteroatoms. The van der Waals surface area contributed by atoms with Gasteiger partial charge in [0, 0.05) is 35.3 Å². The van der Waals surface area contributed by atoms with Crippen molar-refractivity contribution in [1.82, 2.24) is 19.2 Å². The minimum atomic E-state index is -4.20. The summed E-state index contributed by atoms with van der Waals surface area (Å²) in [5.41, 5.74) is 4.06. The molecule has 3 unspecified atom stereocenters. The number of nitrogens with one attached hydrogen (secondary N) is 1. The number of alkyl halides is 3. The van der Waals surface area contributed by atoms with Crippen LogP contribution in [0.5, 0.6) is 0 Å². The Morgan fingerprint density at radius 1 is 0.941 bits per heavy atom. The molecule has 4 nitrogen and oxygen atoms in total. The van der Waals surface area contributed by atoms with E-state index in [1.807, 2.05) is 0 Å². The minimum absolute atomic E-state index is 0.284.